The van der Waals surface area contributed by atoms with Gasteiger partial charge in [-0.15, -0.1) is 0 Å². The summed E-state index contributed by atoms with van der Waals surface area (Å²) in [4.78, 5) is 36.6. The van der Waals surface area contributed by atoms with Gasteiger partial charge >= 0.3 is 17.9 Å². The zero-order valence-electron chi connectivity index (χ0n) is 31.4. The third-order valence-electron chi connectivity index (χ3n) is 8.30. The molecule has 0 aliphatic heterocycles. The van der Waals surface area contributed by atoms with Crippen LogP contribution < -0.4 is 0 Å². The zero-order valence-corrected chi connectivity index (χ0v) is 31.4. The van der Waals surface area contributed by atoms with E-state index in [1.54, 1.807) is 0 Å². The smallest absolute Gasteiger partial charge is 0.362 e. The molecule has 0 bridgehead atoms. The number of hydrogen-bond acceptors (Lipinski definition) is 6. The Hall–Kier alpha value is -2.45. The van der Waals surface area contributed by atoms with Crippen molar-refractivity contribution >= 4 is 17.9 Å². The minimum Gasteiger partial charge on any atom is -0.477 e. The van der Waals surface area contributed by atoms with Gasteiger partial charge in [0.05, 0.1) is 34.4 Å². The van der Waals surface area contributed by atoms with Crippen LogP contribution in [0.2, 0.25) is 0 Å². The number of carboxylic acids is 1. The summed E-state index contributed by atoms with van der Waals surface area (Å²) in [5.74, 6) is -1.49. The van der Waals surface area contributed by atoms with Gasteiger partial charge in [0.1, 0.15) is 6.61 Å². The van der Waals surface area contributed by atoms with E-state index in [0.717, 1.165) is 64.2 Å². The lowest BCUT2D eigenvalue weighted by Crippen LogP contribution is -2.50. The van der Waals surface area contributed by atoms with E-state index in [9.17, 15) is 19.5 Å². The highest BCUT2D eigenvalue weighted by Crippen LogP contribution is 2.13. The summed E-state index contributed by atoms with van der Waals surface area (Å²) < 4.78 is 17.1. The molecule has 0 saturated heterocycles. The van der Waals surface area contributed by atoms with E-state index in [1.165, 1.54) is 51.4 Å². The van der Waals surface area contributed by atoms with E-state index >= 15 is 0 Å². The van der Waals surface area contributed by atoms with E-state index in [1.807, 2.05) is 21.1 Å². The van der Waals surface area contributed by atoms with Crippen LogP contribution in [0.15, 0.2) is 36.5 Å². The van der Waals surface area contributed by atoms with Crippen LogP contribution in [0.1, 0.15) is 149 Å². The molecule has 1 N–H and O–H groups in total. The average molecular weight is 679 g/mol. The largest absolute Gasteiger partial charge is 0.477 e. The third kappa shape index (κ3) is 29.7. The fraction of sp³-hybridized carbons (Fsp3) is 0.775. The second kappa shape index (κ2) is 31.8. The maximum Gasteiger partial charge on any atom is 0.362 e. The molecule has 0 fully saturated rings. The van der Waals surface area contributed by atoms with Gasteiger partial charge < -0.3 is 23.8 Å². The van der Waals surface area contributed by atoms with E-state index < -0.39 is 18.1 Å². The molecule has 0 spiro atoms. The van der Waals surface area contributed by atoms with Crippen molar-refractivity contribution in [1.82, 2.24) is 0 Å². The summed E-state index contributed by atoms with van der Waals surface area (Å²) in [7, 11) is 5.51. The first-order chi connectivity index (χ1) is 23.1. The molecule has 8 heteroatoms. The number of unbranched alkanes of at least 4 members (excludes halogenated alkanes) is 13. The van der Waals surface area contributed by atoms with Gasteiger partial charge in [-0.05, 0) is 44.9 Å². The van der Waals surface area contributed by atoms with Crippen LogP contribution in [-0.4, -0.2) is 80.6 Å². The molecule has 0 heterocycles. The highest BCUT2D eigenvalue weighted by atomic mass is 16.6. The normalized spacial score (nSPS) is 13.4. The fourth-order valence-electron chi connectivity index (χ4n) is 5.34. The average Bonchev–Trinajstić information content (AvgIpc) is 3.03. The van der Waals surface area contributed by atoms with Crippen LogP contribution in [0.3, 0.4) is 0 Å². The third-order valence-corrected chi connectivity index (χ3v) is 8.30. The van der Waals surface area contributed by atoms with E-state index in [-0.39, 0.29) is 36.2 Å². The quantitative estimate of drug-likeness (QED) is 0.0319. The Morgan fingerprint density at radius 1 is 0.646 bits per heavy atom. The Bertz CT molecular complexity index is 891. The molecule has 48 heavy (non-hydrogen) atoms. The summed E-state index contributed by atoms with van der Waals surface area (Å²) in [6, 6.07) is -0.613. The minimum atomic E-state index is -0.879. The first-order valence-electron chi connectivity index (χ1n) is 19.0. The fourth-order valence-corrected chi connectivity index (χ4v) is 5.34. The standard InChI is InChI=1S/C40H71NO7/c1-6-8-10-12-14-15-16-17-18-19-20-21-22-23-25-27-29-31-39(43)48-36(34-46-33-32-37(40(44)45)41(3,4)5)35-47-38(42)30-28-26-24-13-11-9-7-2/h8,10,14-15,17-18,36-37H,6-7,9,11-13,16,19-35H2,1-5H3/p+1/b10-8-,15-14-,18-17-. The number of nitrogens with zero attached hydrogens (tertiary/aromatic N) is 1. The van der Waals surface area contributed by atoms with Gasteiger partial charge in [-0.1, -0.05) is 121 Å². The molecule has 278 valence electrons. The van der Waals surface area contributed by atoms with Crippen molar-refractivity contribution in [2.75, 3.05) is 41.0 Å². The summed E-state index contributed by atoms with van der Waals surface area (Å²) in [6.45, 7) is 4.56. The van der Waals surface area contributed by atoms with Gasteiger partial charge in [0, 0.05) is 19.3 Å². The second-order valence-corrected chi connectivity index (χ2v) is 13.8. The van der Waals surface area contributed by atoms with Crippen LogP contribution in [0.5, 0.6) is 0 Å². The van der Waals surface area contributed by atoms with Gasteiger partial charge in [-0.2, -0.15) is 0 Å². The van der Waals surface area contributed by atoms with Crippen molar-refractivity contribution in [3.05, 3.63) is 36.5 Å². The number of carboxylic acid groups (broad SMARTS) is 1. The Balaban J connectivity index is 4.36. The van der Waals surface area contributed by atoms with Gasteiger partial charge in [-0.3, -0.25) is 9.59 Å². The van der Waals surface area contributed by atoms with Crippen molar-refractivity contribution in [3.63, 3.8) is 0 Å². The number of likely N-dealkylation sites (N-methyl/N-ethyl adjacent to an activating group) is 1. The highest BCUT2D eigenvalue weighted by molar-refractivity contribution is 5.72. The van der Waals surface area contributed by atoms with Gasteiger partial charge in [0.15, 0.2) is 12.1 Å². The molecule has 0 aliphatic carbocycles. The molecular weight excluding hydrogens is 606 g/mol. The van der Waals surface area contributed by atoms with Crippen molar-refractivity contribution in [2.24, 2.45) is 0 Å². The molecule has 0 aromatic heterocycles. The predicted molar refractivity (Wildman–Crippen MR) is 197 cm³/mol. The molecule has 0 radical (unpaired) electrons. The Morgan fingerprint density at radius 2 is 1.17 bits per heavy atom. The summed E-state index contributed by atoms with van der Waals surface area (Å²) in [5.41, 5.74) is 0. The molecule has 0 amide bonds. The Labute approximate surface area is 293 Å². The maximum atomic E-state index is 12.6. The lowest BCUT2D eigenvalue weighted by atomic mass is 10.1. The van der Waals surface area contributed by atoms with E-state index in [0.29, 0.717) is 19.3 Å². The molecule has 8 nitrogen and oxygen atoms in total. The van der Waals surface area contributed by atoms with Crippen LogP contribution >= 0.6 is 0 Å². The van der Waals surface area contributed by atoms with Gasteiger partial charge in [0.25, 0.3) is 0 Å². The number of allylic oxidation sites excluding steroid dienone is 6. The van der Waals surface area contributed by atoms with E-state index in [2.05, 4.69) is 50.3 Å². The minimum absolute atomic E-state index is 0.0543. The SMILES string of the molecule is CC/C=C\C/C=C\C/C=C\CCCCCCCCCC(=O)OC(COCCC(C(=O)O)[N+](C)(C)C)COC(=O)CCCCCCCCC. The molecule has 2 unspecified atom stereocenters. The zero-order chi connectivity index (χ0) is 35.7. The van der Waals surface area contributed by atoms with Crippen LogP contribution in [0, 0.1) is 0 Å². The number of ether oxygens (including phenoxy) is 3. The summed E-state index contributed by atoms with van der Waals surface area (Å²) in [6.07, 6.45) is 33.4. The van der Waals surface area contributed by atoms with Crippen LogP contribution in [-0.2, 0) is 28.6 Å². The van der Waals surface area contributed by atoms with Gasteiger partial charge in [0.2, 0.25) is 0 Å². The first-order valence-corrected chi connectivity index (χ1v) is 19.0. The number of quaternary nitrogens is 1. The lowest BCUT2D eigenvalue weighted by Gasteiger charge is -2.31. The number of carbonyl (C=O) groups excluding carboxylic acids is 2. The number of carbonyl (C=O) groups is 3. The summed E-state index contributed by atoms with van der Waals surface area (Å²) in [5, 5.41) is 9.56. The van der Waals surface area contributed by atoms with Crippen molar-refractivity contribution < 1.29 is 38.2 Å². The predicted octanol–water partition coefficient (Wildman–Crippen LogP) is 9.52. The molecule has 0 aromatic rings. The first kappa shape index (κ1) is 45.6. The van der Waals surface area contributed by atoms with Crippen LogP contribution in [0.4, 0.5) is 0 Å². The maximum absolute atomic E-state index is 12.6. The molecule has 0 rings (SSSR count). The van der Waals surface area contributed by atoms with Crippen molar-refractivity contribution in [2.45, 2.75) is 161 Å². The molecule has 2 atom stereocenters. The van der Waals surface area contributed by atoms with Crippen molar-refractivity contribution in [3.8, 4) is 0 Å². The van der Waals surface area contributed by atoms with Crippen LogP contribution in [0.25, 0.3) is 0 Å². The van der Waals surface area contributed by atoms with Crippen molar-refractivity contribution in [1.29, 1.82) is 0 Å². The second-order valence-electron chi connectivity index (χ2n) is 13.8. The number of rotatable bonds is 33. The molecule has 0 aromatic carbocycles. The molecule has 0 aliphatic rings. The van der Waals surface area contributed by atoms with E-state index in [4.69, 9.17) is 14.2 Å². The topological polar surface area (TPSA) is 99.1 Å². The monoisotopic (exact) mass is 679 g/mol. The summed E-state index contributed by atoms with van der Waals surface area (Å²) >= 11 is 0. The lowest BCUT2D eigenvalue weighted by molar-refractivity contribution is -0.887. The Kier molecular flexibility index (Phi) is 30.2. The molecule has 0 saturated carbocycles. The molecular formula is C40H72NO7+. The Morgan fingerprint density at radius 3 is 1.73 bits per heavy atom. The van der Waals surface area contributed by atoms with Gasteiger partial charge in [-0.25, -0.2) is 4.79 Å². The highest BCUT2D eigenvalue weighted by Gasteiger charge is 2.31. The number of hydrogen-bond donors (Lipinski definition) is 1. The number of esters is 2. The number of aliphatic carboxylic acids is 1.